The first-order valence-electron chi connectivity index (χ1n) is 5.66. The molecule has 0 radical (unpaired) electrons. The number of nitrogens with zero attached hydrogens (tertiary/aromatic N) is 2. The van der Waals surface area contributed by atoms with E-state index in [0.717, 1.165) is 6.54 Å². The van der Waals surface area contributed by atoms with Crippen molar-refractivity contribution in [1.82, 2.24) is 20.6 Å². The lowest BCUT2D eigenvalue weighted by atomic mass is 10.3. The van der Waals surface area contributed by atoms with Gasteiger partial charge < -0.3 is 16.0 Å². The van der Waals surface area contributed by atoms with Crippen LogP contribution in [0.5, 0.6) is 0 Å². The molecule has 1 aromatic heterocycles. The largest absolute Gasteiger partial charge is 0.369 e. The summed E-state index contributed by atoms with van der Waals surface area (Å²) >= 11 is 0. The van der Waals surface area contributed by atoms with Gasteiger partial charge in [-0.15, -0.1) is 0 Å². The first-order valence-corrected chi connectivity index (χ1v) is 5.66. The molecule has 7 heteroatoms. The summed E-state index contributed by atoms with van der Waals surface area (Å²) in [6.45, 7) is 4.26. The third-order valence-corrected chi connectivity index (χ3v) is 2.23. The summed E-state index contributed by atoms with van der Waals surface area (Å²) in [7, 11) is 1.51. The van der Waals surface area contributed by atoms with Gasteiger partial charge in [0.15, 0.2) is 0 Å². The summed E-state index contributed by atoms with van der Waals surface area (Å²) in [6, 6.07) is -0.613. The van der Waals surface area contributed by atoms with Crippen LogP contribution in [0.25, 0.3) is 0 Å². The quantitative estimate of drug-likeness (QED) is 0.672. The van der Waals surface area contributed by atoms with Crippen LogP contribution in [0.4, 0.5) is 5.82 Å². The van der Waals surface area contributed by atoms with E-state index in [-0.39, 0.29) is 11.6 Å². The summed E-state index contributed by atoms with van der Waals surface area (Å²) in [5, 5.41) is 7.94. The molecule has 3 N–H and O–H groups in total. The average molecular weight is 251 g/mol. The molecular formula is C11H17N5O2. The topological polar surface area (TPSA) is 96.0 Å². The molecule has 0 spiro atoms. The molecule has 0 aromatic carbocycles. The minimum atomic E-state index is -0.613. The number of carbonyl (C=O) groups excluding carboxylic acids is 2. The molecule has 1 aromatic rings. The maximum Gasteiger partial charge on any atom is 0.272 e. The van der Waals surface area contributed by atoms with Crippen molar-refractivity contribution in [3.8, 4) is 0 Å². The molecule has 7 nitrogen and oxygen atoms in total. The smallest absolute Gasteiger partial charge is 0.272 e. The van der Waals surface area contributed by atoms with Crippen molar-refractivity contribution in [2.75, 3.05) is 18.9 Å². The second-order valence-electron chi connectivity index (χ2n) is 3.63. The van der Waals surface area contributed by atoms with Crippen LogP contribution in [0.3, 0.4) is 0 Å². The molecule has 1 heterocycles. The first-order chi connectivity index (χ1) is 8.58. The molecule has 18 heavy (non-hydrogen) atoms. The molecule has 0 fully saturated rings. The van der Waals surface area contributed by atoms with E-state index >= 15 is 0 Å². The first kappa shape index (κ1) is 13.9. The van der Waals surface area contributed by atoms with Crippen LogP contribution in [0.15, 0.2) is 12.4 Å². The van der Waals surface area contributed by atoms with E-state index in [0.29, 0.717) is 5.82 Å². The second-order valence-corrected chi connectivity index (χ2v) is 3.63. The van der Waals surface area contributed by atoms with Gasteiger partial charge in [-0.1, -0.05) is 0 Å². The molecule has 1 unspecified atom stereocenters. The molecular weight excluding hydrogens is 234 g/mol. The second kappa shape index (κ2) is 6.53. The van der Waals surface area contributed by atoms with Gasteiger partial charge in [-0.05, 0) is 13.8 Å². The van der Waals surface area contributed by atoms with E-state index < -0.39 is 11.9 Å². The van der Waals surface area contributed by atoms with Gasteiger partial charge in [0.25, 0.3) is 5.91 Å². The molecule has 98 valence electrons. The minimum absolute atomic E-state index is 0.174. The molecule has 1 rings (SSSR count). The number of rotatable bonds is 5. The summed E-state index contributed by atoms with van der Waals surface area (Å²) in [4.78, 5) is 31.0. The van der Waals surface area contributed by atoms with Gasteiger partial charge in [-0.2, -0.15) is 0 Å². The third-order valence-electron chi connectivity index (χ3n) is 2.23. The zero-order chi connectivity index (χ0) is 13.5. The molecule has 0 aliphatic rings. The monoisotopic (exact) mass is 251 g/mol. The Kier molecular flexibility index (Phi) is 5.04. The van der Waals surface area contributed by atoms with Gasteiger partial charge in [0.1, 0.15) is 17.6 Å². The van der Waals surface area contributed by atoms with Crippen LogP contribution in [0, 0.1) is 0 Å². The van der Waals surface area contributed by atoms with Crippen LogP contribution in [0.2, 0.25) is 0 Å². The Morgan fingerprint density at radius 1 is 1.33 bits per heavy atom. The maximum atomic E-state index is 11.7. The number of hydrogen-bond acceptors (Lipinski definition) is 5. The van der Waals surface area contributed by atoms with E-state index in [1.165, 1.54) is 19.4 Å². The number of carbonyl (C=O) groups is 2. The number of aromatic nitrogens is 2. The van der Waals surface area contributed by atoms with Crippen LogP contribution < -0.4 is 16.0 Å². The maximum absolute atomic E-state index is 11.7. The Morgan fingerprint density at radius 3 is 2.56 bits per heavy atom. The van der Waals surface area contributed by atoms with Gasteiger partial charge in [0.05, 0.1) is 12.4 Å². The van der Waals surface area contributed by atoms with Crippen LogP contribution in [-0.2, 0) is 4.79 Å². The highest BCUT2D eigenvalue weighted by molar-refractivity contribution is 5.95. The predicted molar refractivity (Wildman–Crippen MR) is 67.2 cm³/mol. The average Bonchev–Trinajstić information content (AvgIpc) is 2.38. The normalized spacial score (nSPS) is 11.5. The molecule has 1 atom stereocenters. The number of amides is 2. The fourth-order valence-electron chi connectivity index (χ4n) is 1.27. The Balaban J connectivity index is 2.64. The van der Waals surface area contributed by atoms with E-state index in [1.807, 2.05) is 6.92 Å². The van der Waals surface area contributed by atoms with Gasteiger partial charge in [-0.3, -0.25) is 9.59 Å². The zero-order valence-electron chi connectivity index (χ0n) is 10.7. The van der Waals surface area contributed by atoms with Crippen LogP contribution >= 0.6 is 0 Å². The van der Waals surface area contributed by atoms with E-state index in [2.05, 4.69) is 25.9 Å². The summed E-state index contributed by atoms with van der Waals surface area (Å²) in [5.41, 5.74) is 0.174. The highest BCUT2D eigenvalue weighted by atomic mass is 16.2. The van der Waals surface area contributed by atoms with Gasteiger partial charge in [-0.25, -0.2) is 9.97 Å². The lowest BCUT2D eigenvalue weighted by Crippen LogP contribution is -2.43. The number of likely N-dealkylation sites (N-methyl/N-ethyl adjacent to an activating group) is 1. The summed E-state index contributed by atoms with van der Waals surface area (Å²) in [5.74, 6) is -0.0874. The summed E-state index contributed by atoms with van der Waals surface area (Å²) in [6.07, 6.45) is 2.84. The lowest BCUT2D eigenvalue weighted by Gasteiger charge is -2.11. The Morgan fingerprint density at radius 2 is 2.06 bits per heavy atom. The van der Waals surface area contributed by atoms with Crippen molar-refractivity contribution in [3.63, 3.8) is 0 Å². The standard InChI is InChI=1S/C11H17N5O2/c1-4-13-9-6-14-8(5-15-9)11(18)16-7(2)10(17)12-3/h5-7H,4H2,1-3H3,(H,12,17)(H,13,15)(H,16,18). The Hall–Kier alpha value is -2.18. The van der Waals surface area contributed by atoms with Crippen molar-refractivity contribution in [2.45, 2.75) is 19.9 Å². The van der Waals surface area contributed by atoms with E-state index in [1.54, 1.807) is 6.92 Å². The van der Waals surface area contributed by atoms with Crippen molar-refractivity contribution < 1.29 is 9.59 Å². The van der Waals surface area contributed by atoms with Gasteiger partial charge in [0, 0.05) is 13.6 Å². The van der Waals surface area contributed by atoms with E-state index in [4.69, 9.17) is 0 Å². The van der Waals surface area contributed by atoms with E-state index in [9.17, 15) is 9.59 Å². The Bertz CT molecular complexity index is 418. The molecule has 0 bridgehead atoms. The molecule has 0 saturated heterocycles. The molecule has 0 saturated carbocycles. The van der Waals surface area contributed by atoms with Crippen molar-refractivity contribution in [3.05, 3.63) is 18.1 Å². The number of anilines is 1. The van der Waals surface area contributed by atoms with Gasteiger partial charge in [0.2, 0.25) is 5.91 Å². The Labute approximate surface area is 105 Å². The lowest BCUT2D eigenvalue weighted by molar-refractivity contribution is -0.122. The highest BCUT2D eigenvalue weighted by Crippen LogP contribution is 2.00. The van der Waals surface area contributed by atoms with Gasteiger partial charge >= 0.3 is 0 Å². The highest BCUT2D eigenvalue weighted by Gasteiger charge is 2.16. The zero-order valence-corrected chi connectivity index (χ0v) is 10.7. The minimum Gasteiger partial charge on any atom is -0.369 e. The van der Waals surface area contributed by atoms with Crippen molar-refractivity contribution in [1.29, 1.82) is 0 Å². The fourth-order valence-corrected chi connectivity index (χ4v) is 1.27. The van der Waals surface area contributed by atoms with Crippen LogP contribution in [0.1, 0.15) is 24.3 Å². The molecule has 2 amide bonds. The fraction of sp³-hybridized carbons (Fsp3) is 0.455. The van der Waals surface area contributed by atoms with Crippen LogP contribution in [-0.4, -0.2) is 41.4 Å². The predicted octanol–water partition coefficient (Wildman–Crippen LogP) is -0.227. The summed E-state index contributed by atoms with van der Waals surface area (Å²) < 4.78 is 0. The molecule has 0 aliphatic carbocycles. The third kappa shape index (κ3) is 3.69. The van der Waals surface area contributed by atoms with Crippen molar-refractivity contribution >= 4 is 17.6 Å². The number of hydrogen-bond donors (Lipinski definition) is 3. The SMILES string of the molecule is CCNc1cnc(C(=O)NC(C)C(=O)NC)cn1. The van der Waals surface area contributed by atoms with Crippen molar-refractivity contribution in [2.24, 2.45) is 0 Å². The molecule has 0 aliphatic heterocycles. The number of nitrogens with one attached hydrogen (secondary N) is 3.